The summed E-state index contributed by atoms with van der Waals surface area (Å²) in [5.41, 5.74) is 4.50. The Hall–Kier alpha value is -1.64. The fourth-order valence-electron chi connectivity index (χ4n) is 3.57. The van der Waals surface area contributed by atoms with Crippen LogP contribution < -0.4 is 5.32 Å². The summed E-state index contributed by atoms with van der Waals surface area (Å²) in [5, 5.41) is 3.36. The Kier molecular flexibility index (Phi) is 5.25. The number of fused-ring (bicyclic) bond motifs is 1. The zero-order valence-electron chi connectivity index (χ0n) is 13.5. The van der Waals surface area contributed by atoms with Crippen molar-refractivity contribution in [2.45, 2.75) is 31.7 Å². The monoisotopic (exact) mass is 294 g/mol. The van der Waals surface area contributed by atoms with E-state index in [-0.39, 0.29) is 0 Å². The van der Waals surface area contributed by atoms with Crippen LogP contribution in [0, 0.1) is 0 Å². The predicted molar refractivity (Wildman–Crippen MR) is 92.9 cm³/mol. The number of rotatable bonds is 6. The van der Waals surface area contributed by atoms with Crippen LogP contribution in [0.4, 0.5) is 0 Å². The van der Waals surface area contributed by atoms with Crippen LogP contribution >= 0.6 is 0 Å². The lowest BCUT2D eigenvalue weighted by molar-refractivity contribution is 0.171. The van der Waals surface area contributed by atoms with Gasteiger partial charge in [0.1, 0.15) is 0 Å². The van der Waals surface area contributed by atoms with Gasteiger partial charge in [0.2, 0.25) is 0 Å². The van der Waals surface area contributed by atoms with Crippen molar-refractivity contribution < 1.29 is 0 Å². The molecule has 0 saturated heterocycles. The minimum atomic E-state index is 0.557. The fraction of sp³-hybridized carbons (Fsp3) is 0.400. The van der Waals surface area contributed by atoms with Gasteiger partial charge in [-0.05, 0) is 49.4 Å². The molecule has 0 aliphatic heterocycles. The number of benzene rings is 2. The summed E-state index contributed by atoms with van der Waals surface area (Å²) in [7, 11) is 2.05. The topological polar surface area (TPSA) is 15.3 Å². The summed E-state index contributed by atoms with van der Waals surface area (Å²) in [6.07, 6.45) is 4.92. The van der Waals surface area contributed by atoms with E-state index >= 15 is 0 Å². The van der Waals surface area contributed by atoms with Gasteiger partial charge in [0, 0.05) is 19.3 Å². The van der Waals surface area contributed by atoms with Crippen molar-refractivity contribution in [1.29, 1.82) is 0 Å². The first-order chi connectivity index (χ1) is 10.9. The highest BCUT2D eigenvalue weighted by atomic mass is 15.2. The Morgan fingerprint density at radius 1 is 1.05 bits per heavy atom. The van der Waals surface area contributed by atoms with Gasteiger partial charge >= 0.3 is 0 Å². The van der Waals surface area contributed by atoms with Crippen molar-refractivity contribution in [3.63, 3.8) is 0 Å². The number of hydrogen-bond donors (Lipinski definition) is 1. The van der Waals surface area contributed by atoms with Gasteiger partial charge in [-0.15, -0.1) is 0 Å². The fourth-order valence-corrected chi connectivity index (χ4v) is 3.57. The minimum Gasteiger partial charge on any atom is -0.307 e. The Morgan fingerprint density at radius 3 is 2.64 bits per heavy atom. The molecule has 116 valence electrons. The Balaban J connectivity index is 1.74. The zero-order valence-corrected chi connectivity index (χ0v) is 13.5. The molecule has 1 unspecified atom stereocenters. The molecule has 1 aliphatic rings. The summed E-state index contributed by atoms with van der Waals surface area (Å²) >= 11 is 0. The second-order valence-corrected chi connectivity index (χ2v) is 6.17. The van der Waals surface area contributed by atoms with E-state index < -0.39 is 0 Å². The highest BCUT2D eigenvalue weighted by Crippen LogP contribution is 2.33. The van der Waals surface area contributed by atoms with Crippen LogP contribution in [-0.2, 0) is 12.8 Å². The third kappa shape index (κ3) is 3.57. The van der Waals surface area contributed by atoms with Gasteiger partial charge in [-0.1, -0.05) is 54.6 Å². The van der Waals surface area contributed by atoms with Gasteiger partial charge < -0.3 is 5.32 Å². The molecule has 0 amide bonds. The Bertz CT molecular complexity index is 579. The van der Waals surface area contributed by atoms with Gasteiger partial charge in [0.25, 0.3) is 0 Å². The average molecular weight is 294 g/mol. The molecule has 2 aromatic carbocycles. The maximum Gasteiger partial charge on any atom is 0.0483 e. The second-order valence-electron chi connectivity index (χ2n) is 6.17. The molecule has 2 aromatic rings. The summed E-state index contributed by atoms with van der Waals surface area (Å²) in [6, 6.07) is 20.4. The van der Waals surface area contributed by atoms with E-state index in [0.29, 0.717) is 6.04 Å². The van der Waals surface area contributed by atoms with E-state index in [1.165, 1.54) is 30.4 Å². The first-order valence-electron chi connectivity index (χ1n) is 8.39. The van der Waals surface area contributed by atoms with Crippen molar-refractivity contribution in [1.82, 2.24) is 10.2 Å². The smallest absolute Gasteiger partial charge is 0.0483 e. The number of nitrogens with one attached hydrogen (secondary N) is 1. The molecule has 0 heterocycles. The van der Waals surface area contributed by atoms with Crippen molar-refractivity contribution in [2.75, 3.05) is 20.3 Å². The molecule has 2 heteroatoms. The quantitative estimate of drug-likeness (QED) is 0.816. The second kappa shape index (κ2) is 7.57. The normalized spacial score (nSPS) is 17.5. The van der Waals surface area contributed by atoms with Crippen molar-refractivity contribution >= 4 is 0 Å². The number of hydrogen-bond acceptors (Lipinski definition) is 2. The average Bonchev–Trinajstić information content (AvgIpc) is 2.59. The summed E-state index contributed by atoms with van der Waals surface area (Å²) < 4.78 is 0. The van der Waals surface area contributed by atoms with E-state index in [1.54, 1.807) is 5.56 Å². The molecular formula is C20H26N2. The predicted octanol–water partition coefficient (Wildman–Crippen LogP) is 3.79. The largest absolute Gasteiger partial charge is 0.307 e. The lowest BCUT2D eigenvalue weighted by Crippen LogP contribution is -2.38. The third-order valence-corrected chi connectivity index (χ3v) is 4.67. The van der Waals surface area contributed by atoms with E-state index in [4.69, 9.17) is 0 Å². The number of nitrogens with zero attached hydrogens (tertiary/aromatic N) is 1. The molecular weight excluding hydrogens is 268 g/mol. The molecule has 0 spiro atoms. The van der Waals surface area contributed by atoms with E-state index in [0.717, 1.165) is 19.6 Å². The van der Waals surface area contributed by atoms with Gasteiger partial charge in [-0.25, -0.2) is 0 Å². The van der Waals surface area contributed by atoms with Gasteiger partial charge in [-0.2, -0.15) is 0 Å². The van der Waals surface area contributed by atoms with Crippen LogP contribution in [0.3, 0.4) is 0 Å². The van der Waals surface area contributed by atoms with E-state index in [1.807, 2.05) is 7.05 Å². The van der Waals surface area contributed by atoms with Crippen LogP contribution in [0.1, 0.15) is 35.6 Å². The molecule has 0 radical (unpaired) electrons. The molecule has 1 atom stereocenters. The molecule has 3 rings (SSSR count). The Morgan fingerprint density at radius 2 is 1.82 bits per heavy atom. The molecule has 0 fully saturated rings. The number of aryl methyl sites for hydroxylation is 1. The lowest BCUT2D eigenvalue weighted by Gasteiger charge is -2.36. The molecule has 22 heavy (non-hydrogen) atoms. The van der Waals surface area contributed by atoms with E-state index in [2.05, 4.69) is 64.8 Å². The van der Waals surface area contributed by atoms with Gasteiger partial charge in [0.15, 0.2) is 0 Å². The van der Waals surface area contributed by atoms with Crippen LogP contribution in [0.25, 0.3) is 0 Å². The summed E-state index contributed by atoms with van der Waals surface area (Å²) in [6.45, 7) is 2.05. The van der Waals surface area contributed by atoms with Gasteiger partial charge in [0.05, 0.1) is 0 Å². The lowest BCUT2D eigenvalue weighted by atomic mass is 9.87. The highest BCUT2D eigenvalue weighted by Gasteiger charge is 2.24. The van der Waals surface area contributed by atoms with Crippen LogP contribution in [0.2, 0.25) is 0 Å². The highest BCUT2D eigenvalue weighted by molar-refractivity contribution is 5.32. The van der Waals surface area contributed by atoms with Gasteiger partial charge in [-0.3, -0.25) is 4.90 Å². The van der Waals surface area contributed by atoms with Crippen molar-refractivity contribution in [2.24, 2.45) is 0 Å². The Labute approximate surface area is 134 Å². The molecule has 0 aromatic heterocycles. The first-order valence-corrected chi connectivity index (χ1v) is 8.39. The van der Waals surface area contributed by atoms with Crippen LogP contribution in [-0.4, -0.2) is 25.2 Å². The molecule has 2 nitrogen and oxygen atoms in total. The van der Waals surface area contributed by atoms with Crippen LogP contribution in [0.15, 0.2) is 54.6 Å². The minimum absolute atomic E-state index is 0.557. The maximum absolute atomic E-state index is 3.36. The van der Waals surface area contributed by atoms with Crippen LogP contribution in [0.5, 0.6) is 0 Å². The van der Waals surface area contributed by atoms with Crippen molar-refractivity contribution in [3.05, 3.63) is 71.3 Å². The first kappa shape index (κ1) is 15.3. The molecule has 1 aliphatic carbocycles. The van der Waals surface area contributed by atoms with E-state index in [9.17, 15) is 0 Å². The molecule has 0 bridgehead atoms. The standard InChI is InChI=1S/C20H26N2/c1-21-16-22(15-14-17-8-3-2-4-9-17)20-13-7-11-18-10-5-6-12-19(18)20/h2-6,8-10,12,20-21H,7,11,13-16H2,1H3. The molecule has 0 saturated carbocycles. The van der Waals surface area contributed by atoms with Crippen molar-refractivity contribution in [3.8, 4) is 0 Å². The SMILES string of the molecule is CNCN(CCc1ccccc1)C1CCCc2ccccc21. The third-order valence-electron chi connectivity index (χ3n) is 4.67. The summed E-state index contributed by atoms with van der Waals surface area (Å²) in [5.74, 6) is 0. The molecule has 1 N–H and O–H groups in total. The maximum atomic E-state index is 3.36. The summed E-state index contributed by atoms with van der Waals surface area (Å²) in [4.78, 5) is 2.60. The zero-order chi connectivity index (χ0) is 15.2.